The summed E-state index contributed by atoms with van der Waals surface area (Å²) >= 11 is 0. The second kappa shape index (κ2) is 5.94. The number of piperidine rings is 1. The van der Waals surface area contributed by atoms with Gasteiger partial charge in [-0.25, -0.2) is 0 Å². The van der Waals surface area contributed by atoms with Crippen LogP contribution in [0.1, 0.15) is 50.2 Å². The van der Waals surface area contributed by atoms with Crippen molar-refractivity contribution < 1.29 is 0 Å². The zero-order valence-corrected chi connectivity index (χ0v) is 13.3. The molecule has 1 heterocycles. The van der Waals surface area contributed by atoms with Crippen molar-refractivity contribution in [1.29, 1.82) is 0 Å². The molecule has 0 amide bonds. The van der Waals surface area contributed by atoms with Gasteiger partial charge >= 0.3 is 0 Å². The van der Waals surface area contributed by atoms with Crippen molar-refractivity contribution >= 4 is 0 Å². The quantitative estimate of drug-likeness (QED) is 0.859. The molecule has 0 spiro atoms. The van der Waals surface area contributed by atoms with Crippen LogP contribution in [-0.2, 0) is 12.0 Å². The lowest BCUT2D eigenvalue weighted by Gasteiger charge is -2.49. The van der Waals surface area contributed by atoms with Crippen molar-refractivity contribution in [3.05, 3.63) is 47.5 Å². The van der Waals surface area contributed by atoms with E-state index in [-0.39, 0.29) is 5.54 Å². The lowest BCUT2D eigenvalue weighted by atomic mass is 9.70. The lowest BCUT2D eigenvalue weighted by molar-refractivity contribution is 0.0815. The maximum Gasteiger partial charge on any atom is 0.0607 e. The Balaban J connectivity index is 1.98. The molecule has 1 aromatic rings. The van der Waals surface area contributed by atoms with Crippen LogP contribution in [0.15, 0.2) is 36.4 Å². The Morgan fingerprint density at radius 3 is 2.71 bits per heavy atom. The maximum absolute atomic E-state index is 7.04. The van der Waals surface area contributed by atoms with Crippen molar-refractivity contribution in [2.24, 2.45) is 5.73 Å². The normalized spacial score (nSPS) is 29.9. The third kappa shape index (κ3) is 2.79. The molecule has 0 radical (unpaired) electrons. The Morgan fingerprint density at radius 1 is 1.29 bits per heavy atom. The molecule has 1 aromatic carbocycles. The van der Waals surface area contributed by atoms with E-state index in [0.717, 1.165) is 12.8 Å². The summed E-state index contributed by atoms with van der Waals surface area (Å²) in [4.78, 5) is 2.66. The molecule has 114 valence electrons. The van der Waals surface area contributed by atoms with Gasteiger partial charge in [-0.2, -0.15) is 0 Å². The van der Waals surface area contributed by atoms with E-state index in [1.54, 1.807) is 0 Å². The van der Waals surface area contributed by atoms with Crippen LogP contribution < -0.4 is 5.73 Å². The molecule has 21 heavy (non-hydrogen) atoms. The molecule has 2 heteroatoms. The zero-order chi connectivity index (χ0) is 14.9. The molecule has 2 atom stereocenters. The van der Waals surface area contributed by atoms with Crippen molar-refractivity contribution in [2.75, 3.05) is 13.1 Å². The van der Waals surface area contributed by atoms with E-state index in [2.05, 4.69) is 42.7 Å². The average molecular weight is 284 g/mol. The second-order valence-electron chi connectivity index (χ2n) is 6.98. The van der Waals surface area contributed by atoms with Crippen LogP contribution in [0.3, 0.4) is 0 Å². The number of nitrogens with two attached hydrogens (primary N) is 1. The summed E-state index contributed by atoms with van der Waals surface area (Å²) in [5, 5.41) is 0. The summed E-state index contributed by atoms with van der Waals surface area (Å²) in [6.45, 7) is 8.68. The molecule has 1 aliphatic heterocycles. The maximum atomic E-state index is 7.04. The number of benzene rings is 1. The van der Waals surface area contributed by atoms with E-state index in [4.69, 9.17) is 5.73 Å². The highest BCUT2D eigenvalue weighted by molar-refractivity contribution is 5.39. The number of rotatable bonds is 3. The molecule has 2 nitrogen and oxygen atoms in total. The first kappa shape index (κ1) is 14.8. The fourth-order valence-electron chi connectivity index (χ4n) is 4.37. The van der Waals surface area contributed by atoms with Gasteiger partial charge in [0, 0.05) is 6.04 Å². The number of fused-ring (bicyclic) bond motifs is 1. The van der Waals surface area contributed by atoms with Crippen LogP contribution in [0.2, 0.25) is 0 Å². The Labute approximate surface area is 129 Å². The summed E-state index contributed by atoms with van der Waals surface area (Å²) in [6.07, 6.45) is 7.25. The van der Waals surface area contributed by atoms with E-state index >= 15 is 0 Å². The number of aryl methyl sites for hydroxylation is 1. The minimum atomic E-state index is -0.266. The second-order valence-corrected chi connectivity index (χ2v) is 6.98. The number of nitrogens with zero attached hydrogens (tertiary/aromatic N) is 1. The smallest absolute Gasteiger partial charge is 0.0607 e. The zero-order valence-electron chi connectivity index (χ0n) is 13.3. The van der Waals surface area contributed by atoms with E-state index < -0.39 is 0 Å². The molecule has 0 saturated carbocycles. The van der Waals surface area contributed by atoms with Gasteiger partial charge in [-0.15, -0.1) is 6.58 Å². The molecule has 2 unspecified atom stereocenters. The summed E-state index contributed by atoms with van der Waals surface area (Å²) < 4.78 is 0. The third-order valence-corrected chi connectivity index (χ3v) is 5.23. The van der Waals surface area contributed by atoms with Gasteiger partial charge in [0.25, 0.3) is 0 Å². The van der Waals surface area contributed by atoms with Crippen LogP contribution in [-0.4, -0.2) is 24.0 Å². The standard InChI is InChI=1S/C19H28N2/c1-15(2)14-19(20)17-9-5-4-8-16(17)10-11-18(19)21-12-6-3-7-13-21/h4-5,8-9,18H,1,3,6-7,10-14,20H2,2H3. The summed E-state index contributed by atoms with van der Waals surface area (Å²) in [5.74, 6) is 0. The third-order valence-electron chi connectivity index (χ3n) is 5.23. The lowest BCUT2D eigenvalue weighted by Crippen LogP contribution is -2.59. The van der Waals surface area contributed by atoms with Crippen LogP contribution >= 0.6 is 0 Å². The summed E-state index contributed by atoms with van der Waals surface area (Å²) in [6, 6.07) is 9.24. The van der Waals surface area contributed by atoms with Gasteiger partial charge in [0.15, 0.2) is 0 Å². The highest BCUT2D eigenvalue weighted by Gasteiger charge is 2.43. The Morgan fingerprint density at radius 2 is 2.00 bits per heavy atom. The predicted molar refractivity (Wildman–Crippen MR) is 89.3 cm³/mol. The first-order chi connectivity index (χ1) is 10.1. The van der Waals surface area contributed by atoms with Gasteiger partial charge in [-0.05, 0) is 63.2 Å². The Hall–Kier alpha value is -1.12. The largest absolute Gasteiger partial charge is 0.320 e. The van der Waals surface area contributed by atoms with E-state index in [1.807, 2.05) is 0 Å². The topological polar surface area (TPSA) is 29.3 Å². The van der Waals surface area contributed by atoms with Gasteiger partial charge in [0.1, 0.15) is 0 Å². The minimum Gasteiger partial charge on any atom is -0.320 e. The van der Waals surface area contributed by atoms with E-state index in [0.29, 0.717) is 6.04 Å². The summed E-state index contributed by atoms with van der Waals surface area (Å²) in [7, 11) is 0. The van der Waals surface area contributed by atoms with Gasteiger partial charge in [-0.1, -0.05) is 36.3 Å². The van der Waals surface area contributed by atoms with Crippen LogP contribution in [0.4, 0.5) is 0 Å². The monoisotopic (exact) mass is 284 g/mol. The van der Waals surface area contributed by atoms with Crippen molar-refractivity contribution in [1.82, 2.24) is 4.90 Å². The fourth-order valence-corrected chi connectivity index (χ4v) is 4.37. The molecular formula is C19H28N2. The van der Waals surface area contributed by atoms with Gasteiger partial charge in [0.2, 0.25) is 0 Å². The van der Waals surface area contributed by atoms with Crippen molar-refractivity contribution in [2.45, 2.75) is 57.0 Å². The molecule has 2 N–H and O–H groups in total. The Bertz CT molecular complexity index is 516. The highest BCUT2D eigenvalue weighted by atomic mass is 15.2. The molecule has 0 bridgehead atoms. The van der Waals surface area contributed by atoms with Gasteiger partial charge < -0.3 is 5.73 Å². The van der Waals surface area contributed by atoms with Gasteiger partial charge in [0.05, 0.1) is 5.54 Å². The molecule has 0 aromatic heterocycles. The number of hydrogen-bond donors (Lipinski definition) is 1. The molecule has 1 aliphatic carbocycles. The summed E-state index contributed by atoms with van der Waals surface area (Å²) in [5.41, 5.74) is 10.8. The van der Waals surface area contributed by atoms with Crippen molar-refractivity contribution in [3.8, 4) is 0 Å². The highest BCUT2D eigenvalue weighted by Crippen LogP contribution is 2.40. The van der Waals surface area contributed by atoms with E-state index in [1.165, 1.54) is 55.5 Å². The molecule has 1 saturated heterocycles. The number of hydrogen-bond acceptors (Lipinski definition) is 2. The molecule has 2 aliphatic rings. The van der Waals surface area contributed by atoms with Gasteiger partial charge in [-0.3, -0.25) is 4.90 Å². The molecule has 1 fully saturated rings. The van der Waals surface area contributed by atoms with Crippen LogP contribution in [0.25, 0.3) is 0 Å². The van der Waals surface area contributed by atoms with E-state index in [9.17, 15) is 0 Å². The number of likely N-dealkylation sites (tertiary alicyclic amines) is 1. The van der Waals surface area contributed by atoms with Crippen LogP contribution in [0, 0.1) is 0 Å². The Kier molecular flexibility index (Phi) is 4.19. The fraction of sp³-hybridized carbons (Fsp3) is 0.579. The molecular weight excluding hydrogens is 256 g/mol. The first-order valence-electron chi connectivity index (χ1n) is 8.37. The van der Waals surface area contributed by atoms with Crippen LogP contribution in [0.5, 0.6) is 0 Å². The molecule has 3 rings (SSSR count). The average Bonchev–Trinajstić information content (AvgIpc) is 2.48. The predicted octanol–water partition coefficient (Wildman–Crippen LogP) is 3.61. The first-order valence-corrected chi connectivity index (χ1v) is 8.37. The SMILES string of the molecule is C=C(C)CC1(N)c2ccccc2CCC1N1CCCCC1. The minimum absolute atomic E-state index is 0.266. The van der Waals surface area contributed by atoms with Crippen molar-refractivity contribution in [3.63, 3.8) is 0 Å².